The van der Waals surface area contributed by atoms with Gasteiger partial charge >= 0.3 is 7.25 Å². The van der Waals surface area contributed by atoms with Crippen molar-refractivity contribution in [2.45, 2.75) is 4.90 Å². The molecule has 0 radical (unpaired) electrons. The van der Waals surface area contributed by atoms with Crippen molar-refractivity contribution in [3.63, 3.8) is 0 Å². The van der Waals surface area contributed by atoms with Crippen LogP contribution in [-0.4, -0.2) is 13.5 Å². The average molecular weight is 382 g/mol. The predicted molar refractivity (Wildman–Crippen MR) is 102 cm³/mol. The maximum Gasteiger partial charge on any atom is 0.673 e. The summed E-state index contributed by atoms with van der Waals surface area (Å²) in [6.07, 6.45) is 2.13. The number of hydrogen-bond donors (Lipinski definition) is 0. The Bertz CT molecular complexity index is 729. The topological polar surface area (TPSA) is 0 Å². The molecule has 0 N–H and O–H groups in total. The number of halogens is 4. The van der Waals surface area contributed by atoms with Crippen molar-refractivity contribution in [3.05, 3.63) is 72.8 Å². The Labute approximate surface area is 152 Å². The minimum Gasteiger partial charge on any atom is -0.418 e. The van der Waals surface area contributed by atoms with Gasteiger partial charge in [0.2, 0.25) is 21.1 Å². The van der Waals surface area contributed by atoms with Crippen LogP contribution in [0.3, 0.4) is 0 Å². The smallest absolute Gasteiger partial charge is 0.418 e. The third-order valence-electron chi connectivity index (χ3n) is 3.12. The highest BCUT2D eigenvalue weighted by Gasteiger charge is 2.20. The second-order valence-electron chi connectivity index (χ2n) is 4.95. The third-order valence-corrected chi connectivity index (χ3v) is 4.97. The van der Waals surface area contributed by atoms with E-state index < -0.39 is 7.25 Å². The second kappa shape index (κ2) is 9.01. The summed E-state index contributed by atoms with van der Waals surface area (Å²) in [6, 6.07) is 25.7. The first kappa shape index (κ1) is 19.5. The Morgan fingerprint density at radius 3 is 1.40 bits per heavy atom. The molecule has 0 amide bonds. The molecule has 0 saturated heterocycles. The molecule has 0 saturated carbocycles. The molecule has 0 aliphatic heterocycles. The van der Waals surface area contributed by atoms with E-state index >= 15 is 0 Å². The maximum absolute atomic E-state index is 9.75. The molecule has 2 aromatic carbocycles. The highest BCUT2D eigenvalue weighted by atomic mass is 32.2. The molecule has 0 bridgehead atoms. The molecule has 0 spiro atoms. The lowest BCUT2D eigenvalue weighted by Gasteiger charge is -1.99. The molecule has 3 aromatic rings. The van der Waals surface area contributed by atoms with Gasteiger partial charge in [0, 0.05) is 28.2 Å². The van der Waals surface area contributed by atoms with Gasteiger partial charge in [-0.25, -0.2) is 0 Å². The first-order valence-corrected chi connectivity index (χ1v) is 9.41. The number of hydrogen-bond acceptors (Lipinski definition) is 1. The SMILES string of the molecule is CSc1cc(-c2ccccc2)[s+]c(-c2ccccc2)c1.F[B-](F)(F)F. The fourth-order valence-corrected chi connectivity index (χ4v) is 3.82. The molecule has 25 heavy (non-hydrogen) atoms. The molecule has 0 aliphatic carbocycles. The molecule has 1 heterocycles. The van der Waals surface area contributed by atoms with Gasteiger partial charge in [0.25, 0.3) is 0 Å². The van der Waals surface area contributed by atoms with Gasteiger partial charge in [0.15, 0.2) is 0 Å². The molecular weight excluding hydrogens is 367 g/mol. The second-order valence-corrected chi connectivity index (χ2v) is 6.92. The lowest BCUT2D eigenvalue weighted by atomic mass is 10.1. The zero-order chi connectivity index (χ0) is 18.3. The van der Waals surface area contributed by atoms with Crippen LogP contribution in [0, 0.1) is 0 Å². The minimum absolute atomic E-state index is 1.28. The van der Waals surface area contributed by atoms with Crippen molar-refractivity contribution >= 4 is 30.4 Å². The number of thioether (sulfide) groups is 1. The van der Waals surface area contributed by atoms with Crippen LogP contribution in [-0.2, 0) is 0 Å². The predicted octanol–water partition coefficient (Wildman–Crippen LogP) is 7.39. The summed E-state index contributed by atoms with van der Waals surface area (Å²) in [5.41, 5.74) is 2.57. The van der Waals surface area contributed by atoms with Gasteiger partial charge in [0.05, 0.1) is 0 Å². The summed E-state index contributed by atoms with van der Waals surface area (Å²) in [5, 5.41) is 0. The molecule has 0 aliphatic rings. The summed E-state index contributed by atoms with van der Waals surface area (Å²) in [5.74, 6) is 0. The molecule has 1 aromatic heterocycles. The van der Waals surface area contributed by atoms with Gasteiger partial charge in [-0.3, -0.25) is 0 Å². The van der Waals surface area contributed by atoms with Crippen LogP contribution in [0.4, 0.5) is 17.3 Å². The summed E-state index contributed by atoms with van der Waals surface area (Å²) in [6.45, 7) is 0. The molecule has 0 nitrogen and oxygen atoms in total. The zero-order valence-electron chi connectivity index (χ0n) is 13.3. The normalized spacial score (nSPS) is 10.8. The van der Waals surface area contributed by atoms with Crippen LogP contribution in [0.5, 0.6) is 0 Å². The Morgan fingerprint density at radius 2 is 1.08 bits per heavy atom. The fraction of sp³-hybridized carbons (Fsp3) is 0.0556. The van der Waals surface area contributed by atoms with Crippen LogP contribution in [0.2, 0.25) is 0 Å². The summed E-state index contributed by atoms with van der Waals surface area (Å²) in [7, 11) is -6.00. The van der Waals surface area contributed by atoms with Gasteiger partial charge < -0.3 is 17.3 Å². The lowest BCUT2D eigenvalue weighted by molar-refractivity contribution is 0.368. The van der Waals surface area contributed by atoms with Crippen molar-refractivity contribution < 1.29 is 17.3 Å². The van der Waals surface area contributed by atoms with E-state index in [1.807, 2.05) is 11.3 Å². The number of rotatable bonds is 3. The fourth-order valence-electron chi connectivity index (χ4n) is 2.08. The zero-order valence-corrected chi connectivity index (χ0v) is 15.0. The van der Waals surface area contributed by atoms with Gasteiger partial charge in [-0.1, -0.05) is 36.4 Å². The summed E-state index contributed by atoms with van der Waals surface area (Å²) >= 11 is 3.64. The quantitative estimate of drug-likeness (QED) is 0.197. The number of benzene rings is 2. The van der Waals surface area contributed by atoms with E-state index in [9.17, 15) is 17.3 Å². The third kappa shape index (κ3) is 6.88. The average Bonchev–Trinajstić information content (AvgIpc) is 2.61. The van der Waals surface area contributed by atoms with E-state index in [-0.39, 0.29) is 0 Å². The van der Waals surface area contributed by atoms with E-state index in [4.69, 9.17) is 0 Å². The minimum atomic E-state index is -6.00. The van der Waals surface area contributed by atoms with E-state index in [0.29, 0.717) is 0 Å². The van der Waals surface area contributed by atoms with Crippen molar-refractivity contribution in [2.75, 3.05) is 6.26 Å². The van der Waals surface area contributed by atoms with Crippen molar-refractivity contribution in [1.29, 1.82) is 0 Å². The van der Waals surface area contributed by atoms with Crippen molar-refractivity contribution in [1.82, 2.24) is 0 Å². The summed E-state index contributed by atoms with van der Waals surface area (Å²) in [4.78, 5) is 3.94. The lowest BCUT2D eigenvalue weighted by Crippen LogP contribution is -2.02. The Morgan fingerprint density at radius 1 is 0.720 bits per heavy atom. The summed E-state index contributed by atoms with van der Waals surface area (Å²) < 4.78 is 39.0. The van der Waals surface area contributed by atoms with Gasteiger partial charge in [-0.05, 0) is 30.5 Å². The van der Waals surface area contributed by atoms with Crippen LogP contribution in [0.1, 0.15) is 0 Å². The van der Waals surface area contributed by atoms with E-state index in [2.05, 4.69) is 79.1 Å². The Kier molecular flexibility index (Phi) is 7.02. The van der Waals surface area contributed by atoms with Gasteiger partial charge in [0.1, 0.15) is 0 Å². The monoisotopic (exact) mass is 382 g/mol. The molecular formula is C18H15BF4S2. The molecule has 0 unspecified atom stereocenters. The van der Waals surface area contributed by atoms with Crippen LogP contribution in [0.25, 0.3) is 20.9 Å². The molecule has 0 fully saturated rings. The van der Waals surface area contributed by atoms with Gasteiger partial charge in [-0.15, -0.1) is 11.8 Å². The maximum atomic E-state index is 9.75. The van der Waals surface area contributed by atoms with Gasteiger partial charge in [-0.2, -0.15) is 0 Å². The van der Waals surface area contributed by atoms with Crippen molar-refractivity contribution in [2.24, 2.45) is 0 Å². The van der Waals surface area contributed by atoms with E-state index in [1.165, 1.54) is 25.8 Å². The van der Waals surface area contributed by atoms with Crippen LogP contribution >= 0.6 is 23.1 Å². The van der Waals surface area contributed by atoms with Crippen molar-refractivity contribution in [3.8, 4) is 20.9 Å². The first-order valence-electron chi connectivity index (χ1n) is 7.37. The highest BCUT2D eigenvalue weighted by Crippen LogP contribution is 2.36. The Balaban J connectivity index is 0.000000399. The molecule has 0 atom stereocenters. The largest absolute Gasteiger partial charge is 0.673 e. The molecule has 130 valence electrons. The van der Waals surface area contributed by atoms with E-state index in [0.717, 1.165) is 0 Å². The van der Waals surface area contributed by atoms with Crippen LogP contribution in [0.15, 0.2) is 77.7 Å². The highest BCUT2D eigenvalue weighted by molar-refractivity contribution is 7.98. The van der Waals surface area contributed by atoms with E-state index in [1.54, 1.807) is 11.8 Å². The standard InChI is InChI=1S/C18H15S2.BF4/c1-19-16-12-17(14-8-4-2-5-9-14)20-18(13-16)15-10-6-3-7-11-15;2-1(3,4)5/h2-13H,1H3;/q+1;-1. The molecule has 3 rings (SSSR count). The Hall–Kier alpha value is -1.86. The van der Waals surface area contributed by atoms with Crippen LogP contribution < -0.4 is 0 Å². The first-order chi connectivity index (χ1) is 11.9. The molecule has 7 heteroatoms.